The lowest BCUT2D eigenvalue weighted by Crippen LogP contribution is -2.25. The van der Waals surface area contributed by atoms with E-state index in [1.54, 1.807) is 18.8 Å². The van der Waals surface area contributed by atoms with E-state index in [-0.39, 0.29) is 6.10 Å². The number of nitrogens with one attached hydrogen (secondary N) is 1. The van der Waals surface area contributed by atoms with Gasteiger partial charge in [-0.05, 0) is 26.9 Å². The normalized spacial score (nSPS) is 11.2. The number of hydrogen-bond acceptors (Lipinski definition) is 7. The Balaban J connectivity index is 2.64. The molecule has 0 amide bonds. The van der Waals surface area contributed by atoms with E-state index in [2.05, 4.69) is 39.0 Å². The molecule has 0 aliphatic rings. The van der Waals surface area contributed by atoms with E-state index in [4.69, 9.17) is 4.74 Å². The van der Waals surface area contributed by atoms with Crippen LogP contribution in [0.25, 0.3) is 0 Å². The van der Waals surface area contributed by atoms with E-state index in [0.29, 0.717) is 17.1 Å². The van der Waals surface area contributed by atoms with Gasteiger partial charge in [0.1, 0.15) is 0 Å². The summed E-state index contributed by atoms with van der Waals surface area (Å²) in [4.78, 5) is 15.2. The number of anilines is 1. The summed E-state index contributed by atoms with van der Waals surface area (Å²) in [5, 5.41) is 3.64. The van der Waals surface area contributed by atoms with Gasteiger partial charge < -0.3 is 15.0 Å². The molecule has 6 nitrogen and oxygen atoms in total. The average Bonchev–Trinajstić information content (AvgIpc) is 2.42. The van der Waals surface area contributed by atoms with Crippen molar-refractivity contribution in [1.82, 2.24) is 19.9 Å². The molecule has 0 saturated carbocycles. The molecule has 0 fully saturated rings. The zero-order valence-electron chi connectivity index (χ0n) is 13.0. The van der Waals surface area contributed by atoms with Crippen LogP contribution in [-0.4, -0.2) is 58.4 Å². The summed E-state index contributed by atoms with van der Waals surface area (Å²) in [7, 11) is 1.79. The molecule has 1 rings (SSSR count). The number of rotatable bonds is 9. The zero-order valence-corrected chi connectivity index (χ0v) is 13.8. The van der Waals surface area contributed by atoms with Gasteiger partial charge in [-0.15, -0.1) is 0 Å². The number of aromatic nitrogens is 3. The number of nitrogens with zero attached hydrogens (tertiary/aromatic N) is 4. The van der Waals surface area contributed by atoms with E-state index in [0.717, 1.165) is 25.4 Å². The molecule has 1 aromatic heterocycles. The summed E-state index contributed by atoms with van der Waals surface area (Å²) in [5.74, 6) is 1.50. The van der Waals surface area contributed by atoms with Gasteiger partial charge in [-0.25, -0.2) is 0 Å². The fourth-order valence-corrected chi connectivity index (χ4v) is 2.41. The summed E-state index contributed by atoms with van der Waals surface area (Å²) >= 11 is 1.63. The standard InChI is InChI=1S/C13H25N5OS/c1-6-18(7-2)8-9-20-13-16-11(14-5)15-12(17-13)19-10(3)4/h10H,6-9H2,1-5H3,(H,14,15,16,17). The lowest BCUT2D eigenvalue weighted by molar-refractivity contribution is 0.219. The van der Waals surface area contributed by atoms with Crippen molar-refractivity contribution in [2.24, 2.45) is 0 Å². The van der Waals surface area contributed by atoms with Crippen molar-refractivity contribution in [3.05, 3.63) is 0 Å². The Hall–Kier alpha value is -1.08. The molecule has 0 spiro atoms. The topological polar surface area (TPSA) is 63.2 Å². The quantitative estimate of drug-likeness (QED) is 0.701. The van der Waals surface area contributed by atoms with Crippen LogP contribution in [0.15, 0.2) is 5.16 Å². The molecule has 0 saturated heterocycles. The van der Waals surface area contributed by atoms with E-state index < -0.39 is 0 Å². The number of thioether (sulfide) groups is 1. The molecule has 1 aromatic rings. The second kappa shape index (κ2) is 8.97. The predicted octanol–water partition coefficient (Wildman–Crippen LogP) is 2.13. The second-order valence-electron chi connectivity index (χ2n) is 4.52. The minimum Gasteiger partial charge on any atom is -0.461 e. The first kappa shape index (κ1) is 17.0. The highest BCUT2D eigenvalue weighted by Gasteiger charge is 2.09. The summed E-state index contributed by atoms with van der Waals surface area (Å²) in [6, 6.07) is 0.379. The molecular formula is C13H25N5OS. The molecule has 1 N–H and O–H groups in total. The van der Waals surface area contributed by atoms with Crippen molar-refractivity contribution in [2.75, 3.05) is 37.8 Å². The molecule has 0 aliphatic carbocycles. The molecule has 114 valence electrons. The first-order valence-corrected chi connectivity index (χ1v) is 8.03. The molecule has 0 atom stereocenters. The Morgan fingerprint density at radius 2 is 1.90 bits per heavy atom. The predicted molar refractivity (Wildman–Crippen MR) is 83.6 cm³/mol. The van der Waals surface area contributed by atoms with Gasteiger partial charge in [-0.1, -0.05) is 25.6 Å². The highest BCUT2D eigenvalue weighted by molar-refractivity contribution is 7.99. The molecule has 1 heterocycles. The maximum absolute atomic E-state index is 5.54. The first-order chi connectivity index (χ1) is 9.58. The van der Waals surface area contributed by atoms with Crippen molar-refractivity contribution >= 4 is 17.7 Å². The fourth-order valence-electron chi connectivity index (χ4n) is 1.58. The highest BCUT2D eigenvalue weighted by atomic mass is 32.2. The number of hydrogen-bond donors (Lipinski definition) is 1. The Bertz CT molecular complexity index is 398. The van der Waals surface area contributed by atoms with Gasteiger partial charge >= 0.3 is 6.01 Å². The van der Waals surface area contributed by atoms with E-state index in [9.17, 15) is 0 Å². The van der Waals surface area contributed by atoms with Crippen molar-refractivity contribution < 1.29 is 4.74 Å². The molecule has 0 radical (unpaired) electrons. The van der Waals surface area contributed by atoms with Gasteiger partial charge in [0.05, 0.1) is 6.10 Å². The average molecular weight is 299 g/mol. The number of ether oxygens (including phenoxy) is 1. The Morgan fingerprint density at radius 1 is 1.20 bits per heavy atom. The summed E-state index contributed by atoms with van der Waals surface area (Å²) in [6.07, 6.45) is 0.0515. The van der Waals surface area contributed by atoms with Crippen LogP contribution < -0.4 is 10.1 Å². The van der Waals surface area contributed by atoms with Crippen molar-refractivity contribution in [3.8, 4) is 6.01 Å². The molecule has 20 heavy (non-hydrogen) atoms. The van der Waals surface area contributed by atoms with Gasteiger partial charge in [0.15, 0.2) is 5.16 Å². The highest BCUT2D eigenvalue weighted by Crippen LogP contribution is 2.18. The maximum Gasteiger partial charge on any atom is 0.322 e. The van der Waals surface area contributed by atoms with Gasteiger partial charge in [0, 0.05) is 19.3 Å². The lowest BCUT2D eigenvalue weighted by Gasteiger charge is -2.17. The molecule has 0 aromatic carbocycles. The van der Waals surface area contributed by atoms with E-state index in [1.807, 2.05) is 13.8 Å². The summed E-state index contributed by atoms with van der Waals surface area (Å²) in [5.41, 5.74) is 0. The van der Waals surface area contributed by atoms with E-state index >= 15 is 0 Å². The summed E-state index contributed by atoms with van der Waals surface area (Å²) < 4.78 is 5.54. The minimum atomic E-state index is 0.0515. The first-order valence-electron chi connectivity index (χ1n) is 7.04. The van der Waals surface area contributed by atoms with Crippen molar-refractivity contribution in [2.45, 2.75) is 39.0 Å². The van der Waals surface area contributed by atoms with Crippen molar-refractivity contribution in [3.63, 3.8) is 0 Å². The van der Waals surface area contributed by atoms with Crippen LogP contribution in [0.3, 0.4) is 0 Å². The van der Waals surface area contributed by atoms with Crippen LogP contribution in [-0.2, 0) is 0 Å². The Morgan fingerprint density at radius 3 is 2.45 bits per heavy atom. The van der Waals surface area contributed by atoms with Gasteiger partial charge in [-0.3, -0.25) is 0 Å². The lowest BCUT2D eigenvalue weighted by atomic mass is 10.5. The molecular weight excluding hydrogens is 274 g/mol. The van der Waals surface area contributed by atoms with Crippen LogP contribution >= 0.6 is 11.8 Å². The second-order valence-corrected chi connectivity index (χ2v) is 5.58. The maximum atomic E-state index is 5.54. The van der Waals surface area contributed by atoms with Gasteiger partial charge in [0.25, 0.3) is 0 Å². The van der Waals surface area contributed by atoms with Crippen molar-refractivity contribution in [1.29, 1.82) is 0 Å². The minimum absolute atomic E-state index is 0.0515. The Kier molecular flexibility index (Phi) is 7.61. The third-order valence-corrected chi connectivity index (χ3v) is 3.52. The third kappa shape index (κ3) is 5.92. The van der Waals surface area contributed by atoms with E-state index in [1.165, 1.54) is 0 Å². The van der Waals surface area contributed by atoms with Crippen LogP contribution in [0.4, 0.5) is 5.95 Å². The molecule has 0 bridgehead atoms. The smallest absolute Gasteiger partial charge is 0.322 e. The van der Waals surface area contributed by atoms with Gasteiger partial charge in [-0.2, -0.15) is 15.0 Å². The summed E-state index contributed by atoms with van der Waals surface area (Å²) in [6.45, 7) is 11.4. The van der Waals surface area contributed by atoms with Crippen LogP contribution in [0.5, 0.6) is 6.01 Å². The monoisotopic (exact) mass is 299 g/mol. The van der Waals surface area contributed by atoms with Crippen LogP contribution in [0, 0.1) is 0 Å². The molecule has 0 unspecified atom stereocenters. The Labute approximate surface area is 125 Å². The molecule has 0 aliphatic heterocycles. The third-order valence-electron chi connectivity index (χ3n) is 2.69. The SMILES string of the molecule is CCN(CC)CCSc1nc(NC)nc(OC(C)C)n1. The van der Waals surface area contributed by atoms with Gasteiger partial charge in [0.2, 0.25) is 5.95 Å². The fraction of sp³-hybridized carbons (Fsp3) is 0.769. The largest absolute Gasteiger partial charge is 0.461 e. The van der Waals surface area contributed by atoms with Crippen LogP contribution in [0.1, 0.15) is 27.7 Å². The molecule has 7 heteroatoms. The zero-order chi connectivity index (χ0) is 15.0. The van der Waals surface area contributed by atoms with Crippen LogP contribution in [0.2, 0.25) is 0 Å².